The van der Waals surface area contributed by atoms with E-state index in [9.17, 15) is 8.42 Å². The van der Waals surface area contributed by atoms with Gasteiger partial charge in [0, 0.05) is 19.1 Å². The van der Waals surface area contributed by atoms with E-state index in [1.165, 1.54) is 31.0 Å². The smallest absolute Gasteiger partial charge is 0.240 e. The molecule has 0 unspecified atom stereocenters. The van der Waals surface area contributed by atoms with Crippen molar-refractivity contribution in [3.63, 3.8) is 0 Å². The third kappa shape index (κ3) is 3.85. The minimum atomic E-state index is -3.52. The predicted molar refractivity (Wildman–Crippen MR) is 81.3 cm³/mol. The Hall–Kier alpha value is -0.820. The van der Waals surface area contributed by atoms with Gasteiger partial charge in [0.15, 0.2) is 0 Å². The number of anilines is 1. The SMILES string of the molecule is CCN(CCNS(=O)(=O)c1ccc(Cl)c(N)c1)C1CC1. The molecule has 1 aromatic rings. The highest BCUT2D eigenvalue weighted by Gasteiger charge is 2.27. The molecule has 1 fully saturated rings. The van der Waals surface area contributed by atoms with Crippen LogP contribution in [0.3, 0.4) is 0 Å². The zero-order valence-corrected chi connectivity index (χ0v) is 13.0. The number of likely N-dealkylation sites (N-methyl/N-ethyl adjacent to an activating group) is 1. The Morgan fingerprint density at radius 2 is 2.15 bits per heavy atom. The van der Waals surface area contributed by atoms with Crippen LogP contribution in [-0.2, 0) is 10.0 Å². The third-order valence-corrected chi connectivity index (χ3v) is 5.24. The molecule has 3 N–H and O–H groups in total. The highest BCUT2D eigenvalue weighted by Crippen LogP contribution is 2.26. The monoisotopic (exact) mass is 317 g/mol. The summed E-state index contributed by atoms with van der Waals surface area (Å²) in [6, 6.07) is 4.96. The maximum atomic E-state index is 12.1. The lowest BCUT2D eigenvalue weighted by molar-refractivity contribution is 0.282. The van der Waals surface area contributed by atoms with Crippen molar-refractivity contribution in [1.29, 1.82) is 0 Å². The summed E-state index contributed by atoms with van der Waals surface area (Å²) in [4.78, 5) is 2.44. The van der Waals surface area contributed by atoms with Gasteiger partial charge in [0.2, 0.25) is 10.0 Å². The second kappa shape index (κ2) is 6.30. The number of nitrogens with two attached hydrogens (primary N) is 1. The molecule has 0 heterocycles. The van der Waals surface area contributed by atoms with Gasteiger partial charge in [-0.3, -0.25) is 4.90 Å². The molecule has 1 saturated carbocycles. The second-order valence-electron chi connectivity index (χ2n) is 4.94. The summed E-state index contributed by atoms with van der Waals surface area (Å²) in [6.07, 6.45) is 2.43. The molecule has 1 aliphatic rings. The van der Waals surface area contributed by atoms with Crippen LogP contribution in [-0.4, -0.2) is 39.0 Å². The van der Waals surface area contributed by atoms with Crippen LogP contribution in [0.2, 0.25) is 5.02 Å². The van der Waals surface area contributed by atoms with Crippen LogP contribution < -0.4 is 10.5 Å². The van der Waals surface area contributed by atoms with Crippen molar-refractivity contribution < 1.29 is 8.42 Å². The lowest BCUT2D eigenvalue weighted by Crippen LogP contribution is -2.36. The van der Waals surface area contributed by atoms with Gasteiger partial charge < -0.3 is 5.73 Å². The molecule has 1 aliphatic carbocycles. The van der Waals surface area contributed by atoms with Crippen LogP contribution in [0.4, 0.5) is 5.69 Å². The first-order valence-electron chi connectivity index (χ1n) is 6.73. The van der Waals surface area contributed by atoms with Crippen LogP contribution in [0.5, 0.6) is 0 Å². The van der Waals surface area contributed by atoms with Crippen LogP contribution in [0.25, 0.3) is 0 Å². The van der Waals surface area contributed by atoms with Crippen molar-refractivity contribution >= 4 is 27.3 Å². The Bertz CT molecular complexity index is 573. The van der Waals surface area contributed by atoms with E-state index >= 15 is 0 Å². The molecule has 2 rings (SSSR count). The van der Waals surface area contributed by atoms with E-state index in [1.807, 2.05) is 0 Å². The first kappa shape index (κ1) is 15.6. The van der Waals surface area contributed by atoms with E-state index in [0.29, 0.717) is 17.6 Å². The number of benzene rings is 1. The van der Waals surface area contributed by atoms with E-state index in [0.717, 1.165) is 13.1 Å². The van der Waals surface area contributed by atoms with Gasteiger partial charge in [-0.25, -0.2) is 13.1 Å². The summed E-state index contributed by atoms with van der Waals surface area (Å²) >= 11 is 5.79. The molecule has 0 radical (unpaired) electrons. The standard InChI is InChI=1S/C13H20ClN3O2S/c1-2-17(10-3-4-10)8-7-16-20(18,19)11-5-6-12(14)13(15)9-11/h5-6,9-10,16H,2-4,7-8,15H2,1H3. The van der Waals surface area contributed by atoms with Gasteiger partial charge in [0.1, 0.15) is 0 Å². The normalized spacial score (nSPS) is 15.8. The molecular weight excluding hydrogens is 298 g/mol. The molecule has 7 heteroatoms. The van der Waals surface area contributed by atoms with E-state index in [4.69, 9.17) is 17.3 Å². The predicted octanol–water partition coefficient (Wildman–Crippen LogP) is 1.68. The zero-order valence-electron chi connectivity index (χ0n) is 11.5. The number of sulfonamides is 1. The largest absolute Gasteiger partial charge is 0.397 e. The molecule has 112 valence electrons. The fraction of sp³-hybridized carbons (Fsp3) is 0.538. The maximum Gasteiger partial charge on any atom is 0.240 e. The van der Waals surface area contributed by atoms with Crippen molar-refractivity contribution in [2.45, 2.75) is 30.7 Å². The van der Waals surface area contributed by atoms with Crippen molar-refractivity contribution in [3.05, 3.63) is 23.2 Å². The van der Waals surface area contributed by atoms with Crippen molar-refractivity contribution in [2.24, 2.45) is 0 Å². The van der Waals surface area contributed by atoms with E-state index in [2.05, 4.69) is 16.5 Å². The summed E-state index contributed by atoms with van der Waals surface area (Å²) in [5, 5.41) is 0.356. The lowest BCUT2D eigenvalue weighted by atomic mass is 10.3. The molecule has 0 bridgehead atoms. The zero-order chi connectivity index (χ0) is 14.8. The number of halogens is 1. The Labute approximate surface area is 125 Å². The van der Waals surface area contributed by atoms with Gasteiger partial charge in [-0.2, -0.15) is 0 Å². The molecule has 0 atom stereocenters. The third-order valence-electron chi connectivity index (χ3n) is 3.44. The topological polar surface area (TPSA) is 75.4 Å². The minimum absolute atomic E-state index is 0.147. The van der Waals surface area contributed by atoms with E-state index < -0.39 is 10.0 Å². The van der Waals surface area contributed by atoms with Gasteiger partial charge in [-0.15, -0.1) is 0 Å². The molecule has 20 heavy (non-hydrogen) atoms. The van der Waals surface area contributed by atoms with Crippen LogP contribution in [0.1, 0.15) is 19.8 Å². The molecular formula is C13H20ClN3O2S. The average Bonchev–Trinajstić information content (AvgIpc) is 3.22. The first-order chi connectivity index (χ1) is 9.44. The van der Waals surface area contributed by atoms with Gasteiger partial charge in [-0.1, -0.05) is 18.5 Å². The Morgan fingerprint density at radius 3 is 2.70 bits per heavy atom. The van der Waals surface area contributed by atoms with Crippen molar-refractivity contribution in [1.82, 2.24) is 9.62 Å². The second-order valence-corrected chi connectivity index (χ2v) is 7.12. The Morgan fingerprint density at radius 1 is 1.45 bits per heavy atom. The number of nitrogen functional groups attached to an aromatic ring is 1. The number of hydrogen-bond acceptors (Lipinski definition) is 4. The quantitative estimate of drug-likeness (QED) is 0.750. The fourth-order valence-corrected chi connectivity index (χ4v) is 3.31. The highest BCUT2D eigenvalue weighted by molar-refractivity contribution is 7.89. The van der Waals surface area contributed by atoms with Crippen LogP contribution in [0, 0.1) is 0 Å². The van der Waals surface area contributed by atoms with Gasteiger partial charge in [0.05, 0.1) is 15.6 Å². The van der Waals surface area contributed by atoms with Crippen molar-refractivity contribution in [3.8, 4) is 0 Å². The van der Waals surface area contributed by atoms with E-state index in [-0.39, 0.29) is 10.6 Å². The van der Waals surface area contributed by atoms with Crippen LogP contribution in [0.15, 0.2) is 23.1 Å². The van der Waals surface area contributed by atoms with Gasteiger partial charge in [-0.05, 0) is 37.6 Å². The lowest BCUT2D eigenvalue weighted by Gasteiger charge is -2.19. The molecule has 0 aliphatic heterocycles. The fourth-order valence-electron chi connectivity index (χ4n) is 2.13. The Kier molecular flexibility index (Phi) is 4.90. The minimum Gasteiger partial charge on any atom is -0.397 e. The molecule has 0 saturated heterocycles. The Balaban J connectivity index is 1.94. The van der Waals surface area contributed by atoms with Crippen LogP contribution >= 0.6 is 11.6 Å². The summed E-state index contributed by atoms with van der Waals surface area (Å²) in [5.74, 6) is 0. The molecule has 0 spiro atoms. The molecule has 0 aromatic heterocycles. The summed E-state index contributed by atoms with van der Waals surface area (Å²) in [6.45, 7) is 4.16. The van der Waals surface area contributed by atoms with Gasteiger partial charge in [0.25, 0.3) is 0 Å². The van der Waals surface area contributed by atoms with Gasteiger partial charge >= 0.3 is 0 Å². The number of rotatable bonds is 7. The highest BCUT2D eigenvalue weighted by atomic mass is 35.5. The number of hydrogen-bond donors (Lipinski definition) is 2. The van der Waals surface area contributed by atoms with Crippen molar-refractivity contribution in [2.75, 3.05) is 25.4 Å². The molecule has 1 aromatic carbocycles. The molecule has 5 nitrogen and oxygen atoms in total. The molecule has 0 amide bonds. The average molecular weight is 318 g/mol. The summed E-state index contributed by atoms with van der Waals surface area (Å²) in [5.41, 5.74) is 5.90. The summed E-state index contributed by atoms with van der Waals surface area (Å²) < 4.78 is 26.8. The first-order valence-corrected chi connectivity index (χ1v) is 8.59. The maximum absolute atomic E-state index is 12.1. The number of nitrogens with one attached hydrogen (secondary N) is 1. The summed E-state index contributed by atoms with van der Waals surface area (Å²) in [7, 11) is -3.52. The van der Waals surface area contributed by atoms with E-state index in [1.54, 1.807) is 0 Å². The number of nitrogens with zero attached hydrogens (tertiary/aromatic N) is 1.